The Morgan fingerprint density at radius 2 is 2.14 bits per heavy atom. The number of aryl methyl sites for hydroxylation is 3. The van der Waals surface area contributed by atoms with Crippen LogP contribution in [0.4, 0.5) is 0 Å². The van der Waals surface area contributed by atoms with Crippen LogP contribution in [-0.4, -0.2) is 44.1 Å². The highest BCUT2D eigenvalue weighted by Crippen LogP contribution is 2.14. The predicted molar refractivity (Wildman–Crippen MR) is 81.1 cm³/mol. The molecular formula is C15H23N5O. The quantitative estimate of drug-likeness (QED) is 0.912. The number of amides is 1. The lowest BCUT2D eigenvalue weighted by molar-refractivity contribution is -0.133. The fourth-order valence-electron chi connectivity index (χ4n) is 2.57. The molecule has 6 nitrogen and oxygen atoms in total. The van der Waals surface area contributed by atoms with E-state index in [1.807, 2.05) is 45.5 Å². The van der Waals surface area contributed by atoms with Crippen LogP contribution in [0.3, 0.4) is 0 Å². The minimum atomic E-state index is -0.232. The van der Waals surface area contributed by atoms with Crippen molar-refractivity contribution in [1.29, 1.82) is 0 Å². The molecule has 114 valence electrons. The number of carbonyl (C=O) groups is 1. The summed E-state index contributed by atoms with van der Waals surface area (Å²) in [6, 6.07) is -0.232. The summed E-state index contributed by atoms with van der Waals surface area (Å²) in [4.78, 5) is 18.4. The predicted octanol–water partition coefficient (Wildman–Crippen LogP) is 1.79. The van der Waals surface area contributed by atoms with E-state index in [4.69, 9.17) is 0 Å². The first-order valence-electron chi connectivity index (χ1n) is 7.16. The molecule has 0 aliphatic heterocycles. The minimum Gasteiger partial charge on any atom is -0.344 e. The summed E-state index contributed by atoms with van der Waals surface area (Å²) < 4.78 is 1.90. The second-order valence-corrected chi connectivity index (χ2v) is 5.48. The summed E-state index contributed by atoms with van der Waals surface area (Å²) in [5.41, 5.74) is 3.28. The Kier molecular flexibility index (Phi) is 4.45. The summed E-state index contributed by atoms with van der Waals surface area (Å²) in [6.45, 7) is 8.48. The van der Waals surface area contributed by atoms with Gasteiger partial charge in [0.2, 0.25) is 5.91 Å². The van der Waals surface area contributed by atoms with Crippen molar-refractivity contribution in [1.82, 2.24) is 24.6 Å². The number of aromatic amines is 1. The molecule has 0 spiro atoms. The lowest BCUT2D eigenvalue weighted by Crippen LogP contribution is -2.34. The highest BCUT2D eigenvalue weighted by atomic mass is 16.2. The van der Waals surface area contributed by atoms with Gasteiger partial charge in [-0.15, -0.1) is 0 Å². The lowest BCUT2D eigenvalue weighted by Gasteiger charge is -2.23. The van der Waals surface area contributed by atoms with E-state index in [0.717, 1.165) is 23.6 Å². The van der Waals surface area contributed by atoms with Crippen molar-refractivity contribution >= 4 is 5.91 Å². The first kappa shape index (κ1) is 15.3. The van der Waals surface area contributed by atoms with Crippen molar-refractivity contribution in [3.05, 3.63) is 35.2 Å². The van der Waals surface area contributed by atoms with Gasteiger partial charge in [-0.25, -0.2) is 4.98 Å². The monoisotopic (exact) mass is 289 g/mol. The van der Waals surface area contributed by atoms with E-state index in [2.05, 4.69) is 15.2 Å². The molecule has 1 atom stereocenters. The molecule has 2 aromatic heterocycles. The van der Waals surface area contributed by atoms with Crippen LogP contribution in [0.1, 0.15) is 35.7 Å². The van der Waals surface area contributed by atoms with Crippen LogP contribution in [0.15, 0.2) is 12.4 Å². The van der Waals surface area contributed by atoms with Crippen LogP contribution in [-0.2, 0) is 11.2 Å². The summed E-state index contributed by atoms with van der Waals surface area (Å²) in [5.74, 6) is 0.945. The first-order valence-corrected chi connectivity index (χ1v) is 7.16. The summed E-state index contributed by atoms with van der Waals surface area (Å²) in [5, 5.41) is 7.16. The zero-order valence-electron chi connectivity index (χ0n) is 13.3. The number of nitrogens with zero attached hydrogens (tertiary/aromatic N) is 4. The standard InChI is InChI=1S/C15H23N5O/c1-10-14(11(2)18-17-10)6-8-19(5)15(21)12(3)20-9-7-16-13(20)4/h7,9,12H,6,8H2,1-5H3,(H,17,18)/t12-/m1/s1. The maximum Gasteiger partial charge on any atom is 0.245 e. The Labute approximate surface area is 125 Å². The molecule has 2 aromatic rings. The van der Waals surface area contributed by atoms with Crippen molar-refractivity contribution in [3.8, 4) is 0 Å². The number of carbonyl (C=O) groups excluding carboxylic acids is 1. The fraction of sp³-hybridized carbons (Fsp3) is 0.533. The van der Waals surface area contributed by atoms with E-state index in [0.29, 0.717) is 6.54 Å². The first-order chi connectivity index (χ1) is 9.91. The molecule has 0 radical (unpaired) electrons. The average Bonchev–Trinajstić information content (AvgIpc) is 3.01. The topological polar surface area (TPSA) is 66.8 Å². The van der Waals surface area contributed by atoms with Crippen molar-refractivity contribution in [2.24, 2.45) is 0 Å². The normalized spacial score (nSPS) is 12.4. The molecule has 1 N–H and O–H groups in total. The van der Waals surface area contributed by atoms with Crippen LogP contribution in [0.25, 0.3) is 0 Å². The van der Waals surface area contributed by atoms with Gasteiger partial charge in [0.1, 0.15) is 11.9 Å². The van der Waals surface area contributed by atoms with Gasteiger partial charge in [-0.05, 0) is 39.7 Å². The number of aromatic nitrogens is 4. The number of hydrogen-bond donors (Lipinski definition) is 1. The number of likely N-dealkylation sites (N-methyl/N-ethyl adjacent to an activating group) is 1. The van der Waals surface area contributed by atoms with Gasteiger partial charge in [-0.1, -0.05) is 0 Å². The van der Waals surface area contributed by atoms with E-state index in [1.54, 1.807) is 11.1 Å². The zero-order chi connectivity index (χ0) is 15.6. The van der Waals surface area contributed by atoms with Crippen molar-refractivity contribution in [3.63, 3.8) is 0 Å². The Morgan fingerprint density at radius 3 is 2.67 bits per heavy atom. The van der Waals surface area contributed by atoms with E-state index < -0.39 is 0 Å². The van der Waals surface area contributed by atoms with Crippen LogP contribution >= 0.6 is 0 Å². The van der Waals surface area contributed by atoms with Gasteiger partial charge >= 0.3 is 0 Å². The van der Waals surface area contributed by atoms with E-state index in [-0.39, 0.29) is 11.9 Å². The molecule has 21 heavy (non-hydrogen) atoms. The number of nitrogens with one attached hydrogen (secondary N) is 1. The smallest absolute Gasteiger partial charge is 0.245 e. The maximum atomic E-state index is 12.5. The Bertz CT molecular complexity index is 608. The molecule has 0 aliphatic rings. The number of H-pyrrole nitrogens is 1. The highest BCUT2D eigenvalue weighted by molar-refractivity contribution is 5.79. The van der Waals surface area contributed by atoms with Crippen molar-refractivity contribution in [2.75, 3.05) is 13.6 Å². The molecule has 0 unspecified atom stereocenters. The zero-order valence-corrected chi connectivity index (χ0v) is 13.3. The van der Waals surface area contributed by atoms with Gasteiger partial charge in [-0.3, -0.25) is 9.89 Å². The molecule has 0 saturated heterocycles. The summed E-state index contributed by atoms with van der Waals surface area (Å²) >= 11 is 0. The second-order valence-electron chi connectivity index (χ2n) is 5.48. The SMILES string of the molecule is Cc1n[nH]c(C)c1CCN(C)C(=O)[C@@H](C)n1ccnc1C. The molecule has 0 bridgehead atoms. The highest BCUT2D eigenvalue weighted by Gasteiger charge is 2.20. The molecule has 0 aromatic carbocycles. The van der Waals surface area contributed by atoms with Gasteiger partial charge in [0.05, 0.1) is 5.69 Å². The average molecular weight is 289 g/mol. The second kappa shape index (κ2) is 6.11. The third-order valence-corrected chi connectivity index (χ3v) is 3.99. The van der Waals surface area contributed by atoms with E-state index in [9.17, 15) is 4.79 Å². The van der Waals surface area contributed by atoms with E-state index in [1.165, 1.54) is 5.56 Å². The molecule has 0 saturated carbocycles. The van der Waals surface area contributed by atoms with Gasteiger partial charge in [0, 0.05) is 31.7 Å². The Hall–Kier alpha value is -2.11. The van der Waals surface area contributed by atoms with Crippen molar-refractivity contribution < 1.29 is 4.79 Å². The van der Waals surface area contributed by atoms with Crippen LogP contribution in [0.5, 0.6) is 0 Å². The Morgan fingerprint density at radius 1 is 1.43 bits per heavy atom. The number of hydrogen-bond acceptors (Lipinski definition) is 3. The molecule has 6 heteroatoms. The van der Waals surface area contributed by atoms with Gasteiger partial charge in [0.25, 0.3) is 0 Å². The van der Waals surface area contributed by atoms with Gasteiger partial charge in [0.15, 0.2) is 0 Å². The maximum absolute atomic E-state index is 12.5. The minimum absolute atomic E-state index is 0.0925. The van der Waals surface area contributed by atoms with Crippen LogP contribution < -0.4 is 0 Å². The van der Waals surface area contributed by atoms with E-state index >= 15 is 0 Å². The molecular weight excluding hydrogens is 266 g/mol. The third-order valence-electron chi connectivity index (χ3n) is 3.99. The van der Waals surface area contributed by atoms with Crippen LogP contribution in [0, 0.1) is 20.8 Å². The summed E-state index contributed by atoms with van der Waals surface area (Å²) in [7, 11) is 1.84. The van der Waals surface area contributed by atoms with Gasteiger partial charge in [-0.2, -0.15) is 5.10 Å². The molecule has 1 amide bonds. The summed E-state index contributed by atoms with van der Waals surface area (Å²) in [6.07, 6.45) is 4.37. The largest absolute Gasteiger partial charge is 0.344 e. The van der Waals surface area contributed by atoms with Crippen molar-refractivity contribution in [2.45, 2.75) is 40.2 Å². The molecule has 0 aliphatic carbocycles. The number of rotatable bonds is 5. The van der Waals surface area contributed by atoms with Gasteiger partial charge < -0.3 is 9.47 Å². The molecule has 2 rings (SSSR count). The fourth-order valence-corrected chi connectivity index (χ4v) is 2.57. The number of imidazole rings is 1. The lowest BCUT2D eigenvalue weighted by atomic mass is 10.1. The third kappa shape index (κ3) is 3.15. The molecule has 2 heterocycles. The molecule has 0 fully saturated rings. The van der Waals surface area contributed by atoms with Crippen LogP contribution in [0.2, 0.25) is 0 Å². The Balaban J connectivity index is 1.99.